The van der Waals surface area contributed by atoms with Gasteiger partial charge in [0.05, 0.1) is 0 Å². The molecule has 0 radical (unpaired) electrons. The van der Waals surface area contributed by atoms with E-state index in [0.717, 1.165) is 18.0 Å². The molecule has 2 atom stereocenters. The Morgan fingerprint density at radius 2 is 1.94 bits per heavy atom. The Kier molecular flexibility index (Phi) is 3.36. The molecule has 1 aromatic carbocycles. The van der Waals surface area contributed by atoms with Gasteiger partial charge in [0.2, 0.25) is 0 Å². The van der Waals surface area contributed by atoms with Crippen molar-refractivity contribution in [3.8, 4) is 0 Å². The van der Waals surface area contributed by atoms with Crippen molar-refractivity contribution in [2.45, 2.75) is 32.7 Å². The summed E-state index contributed by atoms with van der Waals surface area (Å²) in [6.07, 6.45) is 2.52. The number of nitrogens with two attached hydrogens (primary N) is 1. The van der Waals surface area contributed by atoms with Crippen LogP contribution < -0.4 is 10.6 Å². The van der Waals surface area contributed by atoms with E-state index in [1.165, 1.54) is 18.5 Å². The predicted octanol–water partition coefficient (Wildman–Crippen LogP) is 2.60. The van der Waals surface area contributed by atoms with Crippen LogP contribution >= 0.6 is 0 Å². The number of benzene rings is 1. The second-order valence-corrected chi connectivity index (χ2v) is 5.13. The average Bonchev–Trinajstić information content (AvgIpc) is 2.29. The third-order valence-corrected chi connectivity index (χ3v) is 3.65. The summed E-state index contributed by atoms with van der Waals surface area (Å²) in [4.78, 5) is 2.45. The fraction of sp³-hybridized carbons (Fsp3) is 0.500. The summed E-state index contributed by atoms with van der Waals surface area (Å²) in [6, 6.07) is 8.61. The second-order valence-electron chi connectivity index (χ2n) is 5.13. The van der Waals surface area contributed by atoms with E-state index in [4.69, 9.17) is 11.1 Å². The van der Waals surface area contributed by atoms with Gasteiger partial charge in [-0.1, -0.05) is 6.92 Å². The van der Waals surface area contributed by atoms with E-state index in [2.05, 4.69) is 30.9 Å². The van der Waals surface area contributed by atoms with Gasteiger partial charge in [0.15, 0.2) is 0 Å². The summed E-state index contributed by atoms with van der Waals surface area (Å²) in [5.74, 6) is 0.967. The van der Waals surface area contributed by atoms with Gasteiger partial charge in [0.1, 0.15) is 5.84 Å². The molecule has 2 unspecified atom stereocenters. The van der Waals surface area contributed by atoms with Gasteiger partial charge in [-0.05, 0) is 49.9 Å². The highest BCUT2D eigenvalue weighted by Crippen LogP contribution is 2.27. The number of anilines is 1. The van der Waals surface area contributed by atoms with Crippen molar-refractivity contribution in [3.63, 3.8) is 0 Å². The van der Waals surface area contributed by atoms with Crippen LogP contribution in [-0.2, 0) is 0 Å². The van der Waals surface area contributed by atoms with Crippen LogP contribution in [0.1, 0.15) is 32.3 Å². The summed E-state index contributed by atoms with van der Waals surface area (Å²) in [7, 11) is 0. The quantitative estimate of drug-likeness (QED) is 0.607. The lowest BCUT2D eigenvalue weighted by Crippen LogP contribution is -2.40. The van der Waals surface area contributed by atoms with Gasteiger partial charge in [-0.25, -0.2) is 0 Å². The molecule has 3 heteroatoms. The van der Waals surface area contributed by atoms with Crippen molar-refractivity contribution < 1.29 is 0 Å². The minimum atomic E-state index is 0.136. The summed E-state index contributed by atoms with van der Waals surface area (Å²) < 4.78 is 0. The Morgan fingerprint density at radius 3 is 2.47 bits per heavy atom. The molecule has 1 fully saturated rings. The number of amidine groups is 1. The first kappa shape index (κ1) is 12.0. The van der Waals surface area contributed by atoms with Gasteiger partial charge in [0, 0.05) is 23.8 Å². The Balaban J connectivity index is 2.14. The molecule has 17 heavy (non-hydrogen) atoms. The number of hydrogen-bond donors (Lipinski definition) is 2. The van der Waals surface area contributed by atoms with E-state index in [1.54, 1.807) is 0 Å². The third kappa shape index (κ3) is 2.60. The van der Waals surface area contributed by atoms with Crippen molar-refractivity contribution in [3.05, 3.63) is 29.8 Å². The molecule has 0 aliphatic carbocycles. The normalized spacial score (nSPS) is 24.7. The molecule has 1 aliphatic heterocycles. The summed E-state index contributed by atoms with van der Waals surface area (Å²) >= 11 is 0. The summed E-state index contributed by atoms with van der Waals surface area (Å²) in [6.45, 7) is 5.74. The standard InChI is InChI=1S/C14H21N3/c1-10-7-8-17(11(2)9-10)13-5-3-12(4-6-13)14(15)16/h3-6,10-11H,7-9H2,1-2H3,(H3,15,16). The molecule has 92 valence electrons. The molecule has 2 rings (SSSR count). The van der Waals surface area contributed by atoms with Crippen LogP contribution in [0, 0.1) is 11.3 Å². The van der Waals surface area contributed by atoms with Gasteiger partial charge in [-0.2, -0.15) is 0 Å². The molecule has 0 aromatic heterocycles. The molecule has 3 N–H and O–H groups in total. The molecule has 1 heterocycles. The summed E-state index contributed by atoms with van der Waals surface area (Å²) in [5, 5.41) is 7.38. The monoisotopic (exact) mass is 231 g/mol. The molecule has 1 aromatic rings. The van der Waals surface area contributed by atoms with Crippen molar-refractivity contribution in [1.82, 2.24) is 0 Å². The Labute approximate surface area is 103 Å². The first-order valence-corrected chi connectivity index (χ1v) is 6.29. The number of nitrogens with zero attached hydrogens (tertiary/aromatic N) is 1. The SMILES string of the molecule is CC1CCN(c2ccc(C(=N)N)cc2)C(C)C1. The molecular formula is C14H21N3. The van der Waals surface area contributed by atoms with Crippen molar-refractivity contribution in [2.24, 2.45) is 11.7 Å². The maximum absolute atomic E-state index is 7.38. The number of nitrogens with one attached hydrogen (secondary N) is 1. The zero-order valence-electron chi connectivity index (χ0n) is 10.6. The average molecular weight is 231 g/mol. The van der Waals surface area contributed by atoms with E-state index in [-0.39, 0.29) is 5.84 Å². The first-order chi connectivity index (χ1) is 8.08. The Hall–Kier alpha value is -1.51. The molecule has 0 amide bonds. The third-order valence-electron chi connectivity index (χ3n) is 3.65. The minimum absolute atomic E-state index is 0.136. The minimum Gasteiger partial charge on any atom is -0.384 e. The van der Waals surface area contributed by atoms with E-state index in [1.807, 2.05) is 12.1 Å². The predicted molar refractivity (Wildman–Crippen MR) is 72.7 cm³/mol. The van der Waals surface area contributed by atoms with Gasteiger partial charge >= 0.3 is 0 Å². The number of rotatable bonds is 2. The maximum Gasteiger partial charge on any atom is 0.122 e. The Morgan fingerprint density at radius 1 is 1.29 bits per heavy atom. The zero-order chi connectivity index (χ0) is 12.4. The summed E-state index contributed by atoms with van der Waals surface area (Å²) in [5.41, 5.74) is 7.50. The van der Waals surface area contributed by atoms with Crippen LogP contribution in [0.4, 0.5) is 5.69 Å². The lowest BCUT2D eigenvalue weighted by atomic mass is 9.93. The van der Waals surface area contributed by atoms with E-state index in [9.17, 15) is 0 Å². The second kappa shape index (κ2) is 4.78. The molecule has 0 bridgehead atoms. The molecule has 1 saturated heterocycles. The van der Waals surface area contributed by atoms with Crippen LogP contribution in [0.3, 0.4) is 0 Å². The topological polar surface area (TPSA) is 53.1 Å². The van der Waals surface area contributed by atoms with Gasteiger partial charge in [0.25, 0.3) is 0 Å². The van der Waals surface area contributed by atoms with Crippen LogP contribution in [0.15, 0.2) is 24.3 Å². The molecule has 1 aliphatic rings. The van der Waals surface area contributed by atoms with Crippen LogP contribution in [0.25, 0.3) is 0 Å². The van der Waals surface area contributed by atoms with E-state index in [0.29, 0.717) is 6.04 Å². The van der Waals surface area contributed by atoms with Gasteiger partial charge < -0.3 is 10.6 Å². The molecule has 3 nitrogen and oxygen atoms in total. The fourth-order valence-corrected chi connectivity index (χ4v) is 2.62. The largest absolute Gasteiger partial charge is 0.384 e. The lowest BCUT2D eigenvalue weighted by molar-refractivity contribution is 0.378. The van der Waals surface area contributed by atoms with Crippen LogP contribution in [-0.4, -0.2) is 18.4 Å². The van der Waals surface area contributed by atoms with Gasteiger partial charge in [-0.3, -0.25) is 5.41 Å². The number of hydrogen-bond acceptors (Lipinski definition) is 2. The van der Waals surface area contributed by atoms with E-state index < -0.39 is 0 Å². The molecular weight excluding hydrogens is 210 g/mol. The number of piperidine rings is 1. The Bertz CT molecular complexity index is 396. The fourth-order valence-electron chi connectivity index (χ4n) is 2.62. The molecule has 0 spiro atoms. The highest BCUT2D eigenvalue weighted by molar-refractivity contribution is 5.95. The molecule has 0 saturated carbocycles. The van der Waals surface area contributed by atoms with Gasteiger partial charge in [-0.15, -0.1) is 0 Å². The highest BCUT2D eigenvalue weighted by Gasteiger charge is 2.22. The zero-order valence-corrected chi connectivity index (χ0v) is 10.6. The first-order valence-electron chi connectivity index (χ1n) is 6.29. The number of nitrogen functional groups attached to an aromatic ring is 1. The van der Waals surface area contributed by atoms with Crippen molar-refractivity contribution in [2.75, 3.05) is 11.4 Å². The highest BCUT2D eigenvalue weighted by atomic mass is 15.2. The van der Waals surface area contributed by atoms with Crippen molar-refractivity contribution in [1.29, 1.82) is 5.41 Å². The van der Waals surface area contributed by atoms with Crippen LogP contribution in [0.2, 0.25) is 0 Å². The maximum atomic E-state index is 7.38. The van der Waals surface area contributed by atoms with Crippen LogP contribution in [0.5, 0.6) is 0 Å². The smallest absolute Gasteiger partial charge is 0.122 e. The lowest BCUT2D eigenvalue weighted by Gasteiger charge is -2.38. The van der Waals surface area contributed by atoms with Crippen molar-refractivity contribution >= 4 is 11.5 Å². The van der Waals surface area contributed by atoms with E-state index >= 15 is 0 Å².